The highest BCUT2D eigenvalue weighted by Crippen LogP contribution is 2.33. The Balaban J connectivity index is 1.78. The molecule has 3 N–H and O–H groups in total. The van der Waals surface area contributed by atoms with Gasteiger partial charge in [0.1, 0.15) is 0 Å². The first kappa shape index (κ1) is 15.4. The molecule has 0 saturated heterocycles. The van der Waals surface area contributed by atoms with Gasteiger partial charge < -0.3 is 11.1 Å². The van der Waals surface area contributed by atoms with Crippen LogP contribution >= 0.6 is 11.3 Å². The number of anilines is 1. The predicted molar refractivity (Wildman–Crippen MR) is 92.3 cm³/mol. The maximum atomic E-state index is 12.3. The van der Waals surface area contributed by atoms with Gasteiger partial charge in [0.2, 0.25) is 5.91 Å². The number of hydrogen-bond donors (Lipinski definition) is 2. The molecule has 1 amide bonds. The summed E-state index contributed by atoms with van der Waals surface area (Å²) < 4.78 is 1.12. The molecule has 4 nitrogen and oxygen atoms in total. The standard InChI is InChI=1S/C17H23N3OS/c1-17(2,3)16-20-13-7-6-12(9-14(13)22-16)19-15(21)10-4-5-11(18)8-10/h6-7,9-11H,4-5,8,18H2,1-3H3,(H,19,21). The van der Waals surface area contributed by atoms with Gasteiger partial charge in [0.05, 0.1) is 15.2 Å². The molecule has 0 bridgehead atoms. The van der Waals surface area contributed by atoms with Crippen molar-refractivity contribution in [3.8, 4) is 0 Å². The summed E-state index contributed by atoms with van der Waals surface area (Å²) in [4.78, 5) is 17.0. The molecule has 2 unspecified atom stereocenters. The lowest BCUT2D eigenvalue weighted by Crippen LogP contribution is -2.23. The van der Waals surface area contributed by atoms with Crippen LogP contribution in [0.4, 0.5) is 5.69 Å². The Labute approximate surface area is 135 Å². The molecule has 22 heavy (non-hydrogen) atoms. The van der Waals surface area contributed by atoms with E-state index in [9.17, 15) is 4.79 Å². The zero-order valence-electron chi connectivity index (χ0n) is 13.3. The Morgan fingerprint density at radius 2 is 2.14 bits per heavy atom. The number of fused-ring (bicyclic) bond motifs is 1. The van der Waals surface area contributed by atoms with E-state index in [1.165, 1.54) is 0 Å². The highest BCUT2D eigenvalue weighted by molar-refractivity contribution is 7.18. The molecule has 3 rings (SSSR count). The smallest absolute Gasteiger partial charge is 0.227 e. The van der Waals surface area contributed by atoms with Crippen molar-refractivity contribution in [2.45, 2.75) is 51.5 Å². The van der Waals surface area contributed by atoms with Gasteiger partial charge in [-0.05, 0) is 37.5 Å². The third-order valence-electron chi connectivity index (χ3n) is 4.14. The summed E-state index contributed by atoms with van der Waals surface area (Å²) >= 11 is 1.70. The molecule has 0 aliphatic heterocycles. The van der Waals surface area contributed by atoms with Gasteiger partial charge in [0, 0.05) is 23.1 Å². The first-order chi connectivity index (χ1) is 10.3. The van der Waals surface area contributed by atoms with E-state index in [1.54, 1.807) is 11.3 Å². The van der Waals surface area contributed by atoms with Gasteiger partial charge in [-0.1, -0.05) is 20.8 Å². The molecule has 1 aromatic carbocycles. The summed E-state index contributed by atoms with van der Waals surface area (Å²) in [5.74, 6) is 0.144. The minimum Gasteiger partial charge on any atom is -0.328 e. The van der Waals surface area contributed by atoms with Crippen molar-refractivity contribution >= 4 is 33.1 Å². The second-order valence-corrected chi connectivity index (χ2v) is 8.24. The quantitative estimate of drug-likeness (QED) is 0.888. The molecule has 1 saturated carbocycles. The lowest BCUT2D eigenvalue weighted by molar-refractivity contribution is -0.119. The predicted octanol–water partition coefficient (Wildman–Crippen LogP) is 3.66. The van der Waals surface area contributed by atoms with E-state index in [1.807, 2.05) is 18.2 Å². The molecule has 1 aliphatic carbocycles. The average molecular weight is 317 g/mol. The molecule has 118 valence electrons. The van der Waals surface area contributed by atoms with Crippen molar-refractivity contribution in [2.24, 2.45) is 11.7 Å². The van der Waals surface area contributed by atoms with Gasteiger partial charge in [-0.15, -0.1) is 11.3 Å². The zero-order chi connectivity index (χ0) is 15.9. The number of carbonyl (C=O) groups is 1. The van der Waals surface area contributed by atoms with E-state index in [-0.39, 0.29) is 23.3 Å². The lowest BCUT2D eigenvalue weighted by Gasteiger charge is -2.13. The molecule has 1 aliphatic rings. The second kappa shape index (κ2) is 5.63. The van der Waals surface area contributed by atoms with E-state index in [0.717, 1.165) is 40.2 Å². The van der Waals surface area contributed by atoms with Crippen LogP contribution in [0, 0.1) is 5.92 Å². The number of aromatic nitrogens is 1. The fourth-order valence-corrected chi connectivity index (χ4v) is 3.88. The van der Waals surface area contributed by atoms with Gasteiger partial charge >= 0.3 is 0 Å². The SMILES string of the molecule is CC(C)(C)c1nc2ccc(NC(=O)C3CCC(N)C3)cc2s1. The van der Waals surface area contributed by atoms with Crippen LogP contribution in [0.2, 0.25) is 0 Å². The van der Waals surface area contributed by atoms with Crippen molar-refractivity contribution in [3.63, 3.8) is 0 Å². The number of nitrogens with two attached hydrogens (primary N) is 1. The summed E-state index contributed by atoms with van der Waals surface area (Å²) in [7, 11) is 0. The number of nitrogens with zero attached hydrogens (tertiary/aromatic N) is 1. The second-order valence-electron chi connectivity index (χ2n) is 7.21. The topological polar surface area (TPSA) is 68.0 Å². The summed E-state index contributed by atoms with van der Waals surface area (Å²) in [6.45, 7) is 6.49. The van der Waals surface area contributed by atoms with E-state index in [0.29, 0.717) is 0 Å². The maximum Gasteiger partial charge on any atom is 0.227 e. The van der Waals surface area contributed by atoms with Crippen LogP contribution in [0.25, 0.3) is 10.2 Å². The summed E-state index contributed by atoms with van der Waals surface area (Å²) in [5.41, 5.74) is 7.78. The number of rotatable bonds is 2. The summed E-state index contributed by atoms with van der Waals surface area (Å²) in [6.07, 6.45) is 2.63. The fourth-order valence-electron chi connectivity index (χ4n) is 2.82. The average Bonchev–Trinajstić information content (AvgIpc) is 3.03. The molecule has 0 radical (unpaired) electrons. The third-order valence-corrected chi connectivity index (χ3v) is 5.59. The summed E-state index contributed by atoms with van der Waals surface area (Å²) in [5, 5.41) is 4.15. The molecule has 1 heterocycles. The van der Waals surface area contributed by atoms with Crippen molar-refractivity contribution in [1.82, 2.24) is 4.98 Å². The molecule has 2 atom stereocenters. The Bertz CT molecular complexity index is 701. The Morgan fingerprint density at radius 3 is 2.77 bits per heavy atom. The Hall–Kier alpha value is -1.46. The normalized spacial score (nSPS) is 22.2. The number of nitrogens with one attached hydrogen (secondary N) is 1. The number of hydrogen-bond acceptors (Lipinski definition) is 4. The Kier molecular flexibility index (Phi) is 3.95. The first-order valence-corrected chi connectivity index (χ1v) is 8.62. The molecule has 5 heteroatoms. The summed E-state index contributed by atoms with van der Waals surface area (Å²) in [6, 6.07) is 6.11. The lowest BCUT2D eigenvalue weighted by atomic mass is 9.98. The van der Waals surface area contributed by atoms with Crippen LogP contribution < -0.4 is 11.1 Å². The highest BCUT2D eigenvalue weighted by Gasteiger charge is 2.27. The van der Waals surface area contributed by atoms with E-state index < -0.39 is 0 Å². The third kappa shape index (κ3) is 3.15. The van der Waals surface area contributed by atoms with Crippen LogP contribution in [-0.4, -0.2) is 16.9 Å². The van der Waals surface area contributed by atoms with Crippen LogP contribution in [0.1, 0.15) is 45.0 Å². The van der Waals surface area contributed by atoms with Gasteiger partial charge in [0.25, 0.3) is 0 Å². The van der Waals surface area contributed by atoms with Crippen molar-refractivity contribution in [1.29, 1.82) is 0 Å². The van der Waals surface area contributed by atoms with Gasteiger partial charge in [0.15, 0.2) is 0 Å². The number of amides is 1. The van der Waals surface area contributed by atoms with Gasteiger partial charge in [-0.3, -0.25) is 4.79 Å². The van der Waals surface area contributed by atoms with E-state index >= 15 is 0 Å². The number of benzene rings is 1. The van der Waals surface area contributed by atoms with Gasteiger partial charge in [-0.2, -0.15) is 0 Å². The van der Waals surface area contributed by atoms with Crippen LogP contribution in [0.15, 0.2) is 18.2 Å². The Morgan fingerprint density at radius 1 is 1.36 bits per heavy atom. The maximum absolute atomic E-state index is 12.3. The minimum atomic E-state index is 0.0487. The number of thiazole rings is 1. The molecule has 0 spiro atoms. The number of carbonyl (C=O) groups excluding carboxylic acids is 1. The van der Waals surface area contributed by atoms with Crippen LogP contribution in [0.5, 0.6) is 0 Å². The van der Waals surface area contributed by atoms with Crippen LogP contribution in [-0.2, 0) is 10.2 Å². The molecular weight excluding hydrogens is 294 g/mol. The molecule has 1 fully saturated rings. The van der Waals surface area contributed by atoms with Crippen molar-refractivity contribution in [3.05, 3.63) is 23.2 Å². The molecule has 2 aromatic rings. The van der Waals surface area contributed by atoms with Crippen molar-refractivity contribution < 1.29 is 4.79 Å². The fraction of sp³-hybridized carbons (Fsp3) is 0.529. The molecule has 1 aromatic heterocycles. The minimum absolute atomic E-state index is 0.0487. The first-order valence-electron chi connectivity index (χ1n) is 7.80. The monoisotopic (exact) mass is 317 g/mol. The van der Waals surface area contributed by atoms with Crippen LogP contribution in [0.3, 0.4) is 0 Å². The van der Waals surface area contributed by atoms with E-state index in [2.05, 4.69) is 31.1 Å². The highest BCUT2D eigenvalue weighted by atomic mass is 32.1. The largest absolute Gasteiger partial charge is 0.328 e. The van der Waals surface area contributed by atoms with Gasteiger partial charge in [-0.25, -0.2) is 4.98 Å². The van der Waals surface area contributed by atoms with E-state index in [4.69, 9.17) is 5.73 Å². The molecular formula is C17H23N3OS. The zero-order valence-corrected chi connectivity index (χ0v) is 14.2. The van der Waals surface area contributed by atoms with Crippen molar-refractivity contribution in [2.75, 3.05) is 5.32 Å².